The van der Waals surface area contributed by atoms with Gasteiger partial charge in [-0.25, -0.2) is 0 Å². The van der Waals surface area contributed by atoms with Crippen LogP contribution >= 0.6 is 0 Å². The van der Waals surface area contributed by atoms with E-state index in [9.17, 15) is 0 Å². The molecule has 0 N–H and O–H groups in total. The first kappa shape index (κ1) is 16.9. The molecule has 0 aromatic heterocycles. The Hall–Kier alpha value is -1.18. The van der Waals surface area contributed by atoms with Crippen molar-refractivity contribution >= 4 is 11.4 Å². The second-order valence-electron chi connectivity index (χ2n) is 5.67. The average molecular weight is 274 g/mol. The largest absolute Gasteiger partial charge is 0.290 e. The van der Waals surface area contributed by atoms with Gasteiger partial charge in [-0.1, -0.05) is 27.0 Å². The fourth-order valence-electron chi connectivity index (χ4n) is 2.73. The zero-order valence-electron chi connectivity index (χ0n) is 13.3. The molecule has 1 saturated carbocycles. The van der Waals surface area contributed by atoms with Crippen molar-refractivity contribution in [3.63, 3.8) is 0 Å². The Morgan fingerprint density at radius 2 is 1.20 bits per heavy atom. The fourth-order valence-corrected chi connectivity index (χ4v) is 2.73. The summed E-state index contributed by atoms with van der Waals surface area (Å²) in [5.74, 6) is 1.53. The van der Waals surface area contributed by atoms with Gasteiger partial charge in [-0.15, -0.1) is 0 Å². The maximum atomic E-state index is 4.67. The van der Waals surface area contributed by atoms with Gasteiger partial charge >= 0.3 is 0 Å². The van der Waals surface area contributed by atoms with Gasteiger partial charge in [0.2, 0.25) is 0 Å². The molecular formula is C18H30N2. The van der Waals surface area contributed by atoms with E-state index in [2.05, 4.69) is 37.0 Å². The fraction of sp³-hybridized carbons (Fsp3) is 0.667. The van der Waals surface area contributed by atoms with E-state index in [1.807, 2.05) is 12.2 Å². The van der Waals surface area contributed by atoms with Crippen LogP contribution in [0.3, 0.4) is 0 Å². The number of hydrogen-bond acceptors (Lipinski definition) is 2. The van der Waals surface area contributed by atoms with Crippen LogP contribution in [0.25, 0.3) is 0 Å². The number of aliphatic imine (C=N–C) groups is 2. The molecule has 0 bridgehead atoms. The van der Waals surface area contributed by atoms with Crippen molar-refractivity contribution < 1.29 is 0 Å². The Balaban J connectivity index is 2.33. The van der Waals surface area contributed by atoms with Crippen molar-refractivity contribution in [3.05, 3.63) is 25.3 Å². The lowest BCUT2D eigenvalue weighted by Crippen LogP contribution is -2.19. The van der Waals surface area contributed by atoms with Crippen LogP contribution in [0.4, 0.5) is 0 Å². The molecule has 112 valence electrons. The van der Waals surface area contributed by atoms with Crippen molar-refractivity contribution in [3.8, 4) is 0 Å². The predicted molar refractivity (Wildman–Crippen MR) is 91.0 cm³/mol. The molecule has 0 atom stereocenters. The van der Waals surface area contributed by atoms with E-state index in [4.69, 9.17) is 0 Å². The molecule has 0 unspecified atom stereocenters. The van der Waals surface area contributed by atoms with Crippen LogP contribution < -0.4 is 0 Å². The maximum absolute atomic E-state index is 4.67. The first-order valence-corrected chi connectivity index (χ1v) is 8.04. The van der Waals surface area contributed by atoms with Gasteiger partial charge in [0.05, 0.1) is 0 Å². The highest BCUT2D eigenvalue weighted by Gasteiger charge is 2.20. The van der Waals surface area contributed by atoms with Gasteiger partial charge in [-0.3, -0.25) is 9.98 Å². The van der Waals surface area contributed by atoms with Crippen molar-refractivity contribution in [2.75, 3.05) is 13.1 Å². The maximum Gasteiger partial charge on any atom is 0.0420 e. The number of nitrogens with zero attached hydrogens (tertiary/aromatic N) is 2. The van der Waals surface area contributed by atoms with Crippen molar-refractivity contribution in [2.24, 2.45) is 21.8 Å². The highest BCUT2D eigenvalue weighted by Crippen LogP contribution is 2.29. The van der Waals surface area contributed by atoms with E-state index >= 15 is 0 Å². The molecule has 0 amide bonds. The number of hydrogen-bond donors (Lipinski definition) is 0. The van der Waals surface area contributed by atoms with Crippen molar-refractivity contribution in [2.45, 2.75) is 52.4 Å². The summed E-state index contributed by atoms with van der Waals surface area (Å²) in [5.41, 5.74) is 2.30. The SMILES string of the molecule is C=CC(CC)=NCC1CCC(CN=C(C=C)CC)CC1. The van der Waals surface area contributed by atoms with Crippen LogP contribution in [0.15, 0.2) is 35.3 Å². The molecule has 1 fully saturated rings. The van der Waals surface area contributed by atoms with Crippen molar-refractivity contribution in [1.82, 2.24) is 0 Å². The molecule has 1 aliphatic rings. The van der Waals surface area contributed by atoms with E-state index in [0.29, 0.717) is 0 Å². The minimum absolute atomic E-state index is 0.766. The van der Waals surface area contributed by atoms with E-state index in [-0.39, 0.29) is 0 Å². The predicted octanol–water partition coefficient (Wildman–Crippen LogP) is 4.87. The summed E-state index contributed by atoms with van der Waals surface area (Å²) in [6.07, 6.45) is 11.0. The molecule has 0 aromatic rings. The van der Waals surface area contributed by atoms with Gasteiger partial charge in [0.15, 0.2) is 0 Å². The van der Waals surface area contributed by atoms with E-state index in [0.717, 1.165) is 49.2 Å². The van der Waals surface area contributed by atoms with E-state index < -0.39 is 0 Å². The molecule has 2 nitrogen and oxygen atoms in total. The highest BCUT2D eigenvalue weighted by molar-refractivity contribution is 5.94. The monoisotopic (exact) mass is 274 g/mol. The lowest BCUT2D eigenvalue weighted by Gasteiger charge is -2.26. The van der Waals surface area contributed by atoms with Crippen LogP contribution in [0, 0.1) is 11.8 Å². The number of rotatable bonds is 8. The lowest BCUT2D eigenvalue weighted by atomic mass is 9.82. The topological polar surface area (TPSA) is 24.7 Å². The van der Waals surface area contributed by atoms with Crippen LogP contribution in [-0.2, 0) is 0 Å². The molecule has 0 spiro atoms. The Morgan fingerprint density at radius 3 is 1.45 bits per heavy atom. The van der Waals surface area contributed by atoms with Gasteiger partial charge in [0.1, 0.15) is 0 Å². The first-order chi connectivity index (χ1) is 9.73. The quantitative estimate of drug-likeness (QED) is 0.564. The van der Waals surface area contributed by atoms with Gasteiger partial charge < -0.3 is 0 Å². The molecule has 0 aliphatic heterocycles. The zero-order valence-corrected chi connectivity index (χ0v) is 13.3. The molecule has 20 heavy (non-hydrogen) atoms. The molecule has 0 aromatic carbocycles. The summed E-state index contributed by atoms with van der Waals surface area (Å²) < 4.78 is 0. The van der Waals surface area contributed by atoms with Gasteiger partial charge in [-0.2, -0.15) is 0 Å². The Kier molecular flexibility index (Phi) is 8.17. The third-order valence-corrected chi connectivity index (χ3v) is 4.27. The van der Waals surface area contributed by atoms with Crippen LogP contribution in [0.5, 0.6) is 0 Å². The molecular weight excluding hydrogens is 244 g/mol. The minimum Gasteiger partial charge on any atom is -0.290 e. The summed E-state index contributed by atoms with van der Waals surface area (Å²) in [6, 6.07) is 0. The molecule has 0 radical (unpaired) electrons. The van der Waals surface area contributed by atoms with E-state index in [1.54, 1.807) is 0 Å². The standard InChI is InChI=1S/C18H30N2/c1-5-17(6-2)19-13-15-9-11-16(12-10-15)14-20-18(7-3)8-4/h5,7,15-16H,1,3,6,8-14H2,2,4H3. The van der Waals surface area contributed by atoms with Crippen LogP contribution in [0.2, 0.25) is 0 Å². The Bertz CT molecular complexity index is 322. The zero-order chi connectivity index (χ0) is 14.8. The molecule has 0 heterocycles. The normalized spacial score (nSPS) is 24.5. The van der Waals surface area contributed by atoms with Crippen LogP contribution in [-0.4, -0.2) is 24.5 Å². The van der Waals surface area contributed by atoms with Gasteiger partial charge in [-0.05, 0) is 62.5 Å². The van der Waals surface area contributed by atoms with Crippen LogP contribution in [0.1, 0.15) is 52.4 Å². The lowest BCUT2D eigenvalue weighted by molar-refractivity contribution is 0.286. The summed E-state index contributed by atoms with van der Waals surface area (Å²) in [7, 11) is 0. The van der Waals surface area contributed by atoms with E-state index in [1.165, 1.54) is 25.7 Å². The summed E-state index contributed by atoms with van der Waals surface area (Å²) in [6.45, 7) is 13.9. The smallest absolute Gasteiger partial charge is 0.0420 e. The summed E-state index contributed by atoms with van der Waals surface area (Å²) in [5, 5.41) is 0. The molecule has 1 aliphatic carbocycles. The minimum atomic E-state index is 0.766. The first-order valence-electron chi connectivity index (χ1n) is 8.04. The average Bonchev–Trinajstić information content (AvgIpc) is 2.50. The van der Waals surface area contributed by atoms with Gasteiger partial charge in [0.25, 0.3) is 0 Å². The second kappa shape index (κ2) is 9.68. The summed E-state index contributed by atoms with van der Waals surface area (Å²) in [4.78, 5) is 9.34. The highest BCUT2D eigenvalue weighted by atomic mass is 14.8. The second-order valence-corrected chi connectivity index (χ2v) is 5.67. The molecule has 0 saturated heterocycles. The third kappa shape index (κ3) is 5.85. The molecule has 2 heteroatoms. The Labute approximate surface area is 124 Å². The third-order valence-electron chi connectivity index (χ3n) is 4.27. The molecule has 1 rings (SSSR count). The van der Waals surface area contributed by atoms with Crippen molar-refractivity contribution in [1.29, 1.82) is 0 Å². The number of allylic oxidation sites excluding steroid dienone is 2. The summed E-state index contributed by atoms with van der Waals surface area (Å²) >= 11 is 0. The Morgan fingerprint density at radius 1 is 0.850 bits per heavy atom. The van der Waals surface area contributed by atoms with Gasteiger partial charge in [0, 0.05) is 24.5 Å².